The number of amides is 3. The van der Waals surface area contributed by atoms with E-state index in [1.54, 1.807) is 47.4 Å². The molecule has 4 rings (SSSR count). The normalized spacial score (nSPS) is 17.1. The quantitative estimate of drug-likeness (QED) is 0.464. The Morgan fingerprint density at radius 2 is 1.85 bits per heavy atom. The van der Waals surface area contributed by atoms with Crippen molar-refractivity contribution in [2.75, 3.05) is 26.7 Å². The molecule has 34 heavy (non-hydrogen) atoms. The molecular weight excluding hydrogens is 499 g/mol. The van der Waals surface area contributed by atoms with Gasteiger partial charge in [0.15, 0.2) is 11.5 Å². The zero-order chi connectivity index (χ0) is 24.2. The molecule has 3 amide bonds. The standard InChI is InChI=1S/C24H22Cl2N2O5S/c1-32-20-10-15(4-7-19(20)33-14-16-5-6-17(25)12-18(16)26)11-21-23(30)28(24(31)34-21)13-22(29)27-8-2-3-9-27/h4-7,10-12H,2-3,8-9,13-14H2,1H3/b21-11+. The van der Waals surface area contributed by atoms with Crippen molar-refractivity contribution in [3.63, 3.8) is 0 Å². The van der Waals surface area contributed by atoms with Crippen LogP contribution in [0.3, 0.4) is 0 Å². The highest BCUT2D eigenvalue weighted by Crippen LogP contribution is 2.35. The van der Waals surface area contributed by atoms with Crippen molar-refractivity contribution in [2.24, 2.45) is 0 Å². The van der Waals surface area contributed by atoms with Crippen molar-refractivity contribution in [1.29, 1.82) is 0 Å². The lowest BCUT2D eigenvalue weighted by atomic mass is 10.1. The minimum Gasteiger partial charge on any atom is -0.493 e. The molecule has 2 fully saturated rings. The summed E-state index contributed by atoms with van der Waals surface area (Å²) in [5.41, 5.74) is 1.43. The largest absolute Gasteiger partial charge is 0.493 e. The van der Waals surface area contributed by atoms with Crippen LogP contribution in [0.2, 0.25) is 10.0 Å². The van der Waals surface area contributed by atoms with Crippen LogP contribution in [-0.4, -0.2) is 53.6 Å². The second kappa shape index (κ2) is 10.7. The molecule has 2 aliphatic rings. The van der Waals surface area contributed by atoms with E-state index in [1.165, 1.54) is 7.11 Å². The van der Waals surface area contributed by atoms with E-state index in [4.69, 9.17) is 32.7 Å². The summed E-state index contributed by atoms with van der Waals surface area (Å²) in [6.07, 6.45) is 3.50. The molecule has 2 aliphatic heterocycles. The minimum atomic E-state index is -0.473. The Kier molecular flexibility index (Phi) is 7.70. The van der Waals surface area contributed by atoms with Gasteiger partial charge in [0.25, 0.3) is 11.1 Å². The molecule has 0 bridgehead atoms. The van der Waals surface area contributed by atoms with E-state index in [0.717, 1.165) is 35.1 Å². The van der Waals surface area contributed by atoms with E-state index < -0.39 is 11.1 Å². The molecule has 0 aliphatic carbocycles. The number of carbonyl (C=O) groups is 3. The molecule has 7 nitrogen and oxygen atoms in total. The van der Waals surface area contributed by atoms with Gasteiger partial charge in [0, 0.05) is 28.7 Å². The van der Waals surface area contributed by atoms with Crippen molar-refractivity contribution in [3.05, 3.63) is 62.5 Å². The van der Waals surface area contributed by atoms with Gasteiger partial charge in [-0.1, -0.05) is 35.3 Å². The lowest BCUT2D eigenvalue weighted by Gasteiger charge is -2.18. The number of likely N-dealkylation sites (tertiary alicyclic amines) is 1. The molecule has 0 atom stereocenters. The predicted molar refractivity (Wildman–Crippen MR) is 132 cm³/mol. The number of rotatable bonds is 7. The summed E-state index contributed by atoms with van der Waals surface area (Å²) >= 11 is 13.0. The van der Waals surface area contributed by atoms with E-state index >= 15 is 0 Å². The Balaban J connectivity index is 1.45. The molecule has 0 spiro atoms. The monoisotopic (exact) mass is 520 g/mol. The summed E-state index contributed by atoms with van der Waals surface area (Å²) in [4.78, 5) is 40.5. The first-order chi connectivity index (χ1) is 16.4. The molecule has 0 unspecified atom stereocenters. The van der Waals surface area contributed by atoms with Crippen molar-refractivity contribution >= 4 is 58.1 Å². The minimum absolute atomic E-state index is 0.204. The number of benzene rings is 2. The third kappa shape index (κ3) is 5.51. The van der Waals surface area contributed by atoms with Crippen LogP contribution >= 0.6 is 35.0 Å². The second-order valence-electron chi connectivity index (χ2n) is 7.79. The zero-order valence-electron chi connectivity index (χ0n) is 18.4. The maximum atomic E-state index is 12.8. The van der Waals surface area contributed by atoms with Crippen LogP contribution in [-0.2, 0) is 16.2 Å². The third-order valence-corrected chi connectivity index (χ3v) is 7.00. The van der Waals surface area contributed by atoms with Crippen molar-refractivity contribution in [1.82, 2.24) is 9.80 Å². The number of methoxy groups -OCH3 is 1. The number of ether oxygens (including phenoxy) is 2. The SMILES string of the molecule is COc1cc(/C=C2/SC(=O)N(CC(=O)N3CCCC3)C2=O)ccc1OCc1ccc(Cl)cc1Cl. The average molecular weight is 521 g/mol. The van der Waals surface area contributed by atoms with Gasteiger partial charge in [-0.2, -0.15) is 0 Å². The smallest absolute Gasteiger partial charge is 0.294 e. The van der Waals surface area contributed by atoms with Gasteiger partial charge in [0.1, 0.15) is 13.2 Å². The van der Waals surface area contributed by atoms with E-state index in [9.17, 15) is 14.4 Å². The van der Waals surface area contributed by atoms with Crippen LogP contribution in [0.25, 0.3) is 6.08 Å². The number of nitrogens with zero attached hydrogens (tertiary/aromatic N) is 2. The fourth-order valence-electron chi connectivity index (χ4n) is 3.68. The molecule has 2 aromatic carbocycles. The van der Waals surface area contributed by atoms with Gasteiger partial charge in [0.2, 0.25) is 5.91 Å². The Hall–Kier alpha value is -2.68. The second-order valence-corrected chi connectivity index (χ2v) is 9.63. The topological polar surface area (TPSA) is 76.2 Å². The van der Waals surface area contributed by atoms with Crippen molar-refractivity contribution < 1.29 is 23.9 Å². The summed E-state index contributed by atoms with van der Waals surface area (Å²) in [6, 6.07) is 10.4. The zero-order valence-corrected chi connectivity index (χ0v) is 20.7. The average Bonchev–Trinajstić information content (AvgIpc) is 3.44. The van der Waals surface area contributed by atoms with Crippen LogP contribution in [0.15, 0.2) is 41.3 Å². The van der Waals surface area contributed by atoms with Gasteiger partial charge in [-0.15, -0.1) is 0 Å². The van der Waals surface area contributed by atoms with Crippen LogP contribution < -0.4 is 9.47 Å². The number of hydrogen-bond acceptors (Lipinski definition) is 6. The number of imide groups is 1. The fourth-order valence-corrected chi connectivity index (χ4v) is 4.98. The van der Waals surface area contributed by atoms with Gasteiger partial charge in [0.05, 0.1) is 12.0 Å². The Morgan fingerprint density at radius 1 is 1.09 bits per heavy atom. The first-order valence-corrected chi connectivity index (χ1v) is 12.2. The summed E-state index contributed by atoms with van der Waals surface area (Å²) in [5.74, 6) is 0.279. The number of carbonyl (C=O) groups excluding carboxylic acids is 3. The molecule has 2 aromatic rings. The molecular formula is C24H22Cl2N2O5S. The maximum Gasteiger partial charge on any atom is 0.294 e. The van der Waals surface area contributed by atoms with Gasteiger partial charge in [-0.25, -0.2) is 0 Å². The Bertz CT molecular complexity index is 1160. The third-order valence-electron chi connectivity index (χ3n) is 5.51. The lowest BCUT2D eigenvalue weighted by molar-refractivity contribution is -0.135. The van der Waals surface area contributed by atoms with E-state index in [1.807, 2.05) is 0 Å². The number of hydrogen-bond donors (Lipinski definition) is 0. The molecule has 0 saturated carbocycles. The first-order valence-electron chi connectivity index (χ1n) is 10.6. The van der Waals surface area contributed by atoms with E-state index in [-0.39, 0.29) is 24.0 Å². The fraction of sp³-hybridized carbons (Fsp3) is 0.292. The Labute approximate surface area is 211 Å². The summed E-state index contributed by atoms with van der Waals surface area (Å²) < 4.78 is 11.3. The lowest BCUT2D eigenvalue weighted by Crippen LogP contribution is -2.40. The molecule has 10 heteroatoms. The summed E-state index contributed by atoms with van der Waals surface area (Å²) in [7, 11) is 1.51. The highest BCUT2D eigenvalue weighted by Gasteiger charge is 2.37. The predicted octanol–water partition coefficient (Wildman–Crippen LogP) is 5.24. The van der Waals surface area contributed by atoms with Crippen LogP contribution in [0.1, 0.15) is 24.0 Å². The van der Waals surface area contributed by atoms with Crippen molar-refractivity contribution in [2.45, 2.75) is 19.4 Å². The molecule has 2 heterocycles. The molecule has 178 valence electrons. The van der Waals surface area contributed by atoms with Gasteiger partial charge in [-0.3, -0.25) is 19.3 Å². The summed E-state index contributed by atoms with van der Waals surface area (Å²) in [6.45, 7) is 1.33. The number of halogens is 2. The first kappa shape index (κ1) is 24.4. The Morgan fingerprint density at radius 3 is 2.56 bits per heavy atom. The number of thioether (sulfide) groups is 1. The highest BCUT2D eigenvalue weighted by atomic mass is 35.5. The van der Waals surface area contributed by atoms with Gasteiger partial charge < -0.3 is 14.4 Å². The molecule has 0 N–H and O–H groups in total. The maximum absolute atomic E-state index is 12.8. The molecule has 0 radical (unpaired) electrons. The van der Waals surface area contributed by atoms with Crippen LogP contribution in [0, 0.1) is 0 Å². The van der Waals surface area contributed by atoms with Crippen LogP contribution in [0.5, 0.6) is 11.5 Å². The van der Waals surface area contributed by atoms with Crippen molar-refractivity contribution in [3.8, 4) is 11.5 Å². The van der Waals surface area contributed by atoms with Gasteiger partial charge >= 0.3 is 0 Å². The van der Waals surface area contributed by atoms with Crippen LogP contribution in [0.4, 0.5) is 4.79 Å². The molecule has 0 aromatic heterocycles. The molecule has 2 saturated heterocycles. The van der Waals surface area contributed by atoms with E-state index in [2.05, 4.69) is 0 Å². The van der Waals surface area contributed by atoms with E-state index in [0.29, 0.717) is 40.2 Å². The van der Waals surface area contributed by atoms with Gasteiger partial charge in [-0.05, 0) is 60.5 Å². The summed E-state index contributed by atoms with van der Waals surface area (Å²) in [5, 5.41) is 0.595. The highest BCUT2D eigenvalue weighted by molar-refractivity contribution is 8.18.